The first-order chi connectivity index (χ1) is 9.52. The monoisotopic (exact) mass is 290 g/mol. The quantitative estimate of drug-likeness (QED) is 0.866. The first-order valence-electron chi connectivity index (χ1n) is 6.32. The Bertz CT molecular complexity index is 762. The fourth-order valence-electron chi connectivity index (χ4n) is 2.23. The maximum absolute atomic E-state index is 11.3. The third-order valence-electron chi connectivity index (χ3n) is 3.19. The second-order valence-corrected chi connectivity index (χ2v) is 6.93. The Hall–Kier alpha value is -1.95. The summed E-state index contributed by atoms with van der Waals surface area (Å²) in [4.78, 5) is 4.33. The molecule has 0 N–H and O–H groups in total. The summed E-state index contributed by atoms with van der Waals surface area (Å²) in [6.07, 6.45) is 2.14. The van der Waals surface area contributed by atoms with Gasteiger partial charge in [-0.3, -0.25) is 0 Å². The van der Waals surface area contributed by atoms with Crippen LogP contribution in [0.3, 0.4) is 0 Å². The number of rotatable bonds is 3. The number of hydrogen-bond donors (Lipinski definition) is 0. The Kier molecular flexibility index (Phi) is 3.17. The van der Waals surface area contributed by atoms with Gasteiger partial charge in [0.25, 0.3) is 0 Å². The van der Waals surface area contributed by atoms with E-state index in [1.54, 1.807) is 6.08 Å². The Morgan fingerprint density at radius 2 is 2.25 bits per heavy atom. The molecule has 2 aromatic rings. The van der Waals surface area contributed by atoms with Crippen molar-refractivity contribution in [3.63, 3.8) is 0 Å². The molecule has 0 saturated carbocycles. The van der Waals surface area contributed by atoms with Crippen LogP contribution in [0.25, 0.3) is 11.4 Å². The van der Waals surface area contributed by atoms with Crippen molar-refractivity contribution in [2.24, 2.45) is 5.92 Å². The van der Waals surface area contributed by atoms with Gasteiger partial charge in [-0.15, -0.1) is 0 Å². The van der Waals surface area contributed by atoms with Gasteiger partial charge in [-0.05, 0) is 13.0 Å². The maximum Gasteiger partial charge on any atom is 0.227 e. The number of aromatic nitrogens is 2. The minimum atomic E-state index is -3.04. The lowest BCUT2D eigenvalue weighted by molar-refractivity contribution is 0.369. The van der Waals surface area contributed by atoms with E-state index in [1.807, 2.05) is 31.2 Å². The molecule has 104 valence electrons. The van der Waals surface area contributed by atoms with Gasteiger partial charge >= 0.3 is 0 Å². The average Bonchev–Trinajstić information content (AvgIpc) is 2.97. The molecule has 0 aliphatic carbocycles. The van der Waals surface area contributed by atoms with Crippen LogP contribution in [0.2, 0.25) is 0 Å². The Morgan fingerprint density at radius 3 is 2.95 bits per heavy atom. The molecule has 1 atom stereocenters. The molecule has 0 saturated heterocycles. The number of hydrogen-bond acceptors (Lipinski definition) is 5. The molecular formula is C14H14N2O3S. The zero-order valence-electron chi connectivity index (χ0n) is 11.0. The molecule has 1 aliphatic rings. The molecule has 0 amide bonds. The lowest BCUT2D eigenvalue weighted by Gasteiger charge is -2.00. The third kappa shape index (κ3) is 2.80. The predicted molar refractivity (Wildman–Crippen MR) is 74.6 cm³/mol. The molecule has 0 fully saturated rings. The molecule has 0 bridgehead atoms. The molecule has 20 heavy (non-hydrogen) atoms. The van der Waals surface area contributed by atoms with Crippen LogP contribution in [-0.4, -0.2) is 24.3 Å². The summed E-state index contributed by atoms with van der Waals surface area (Å²) < 4.78 is 27.9. The third-order valence-corrected chi connectivity index (χ3v) is 4.65. The molecule has 0 radical (unpaired) electrons. The van der Waals surface area contributed by atoms with Crippen LogP contribution in [0, 0.1) is 12.8 Å². The fourth-order valence-corrected chi connectivity index (χ4v) is 3.63. The van der Waals surface area contributed by atoms with Gasteiger partial charge in [-0.1, -0.05) is 35.0 Å². The van der Waals surface area contributed by atoms with Gasteiger partial charge in [0.1, 0.15) is 0 Å². The summed E-state index contributed by atoms with van der Waals surface area (Å²) in [5.41, 5.74) is 2.02. The zero-order chi connectivity index (χ0) is 14.2. The molecule has 0 unspecified atom stereocenters. The van der Waals surface area contributed by atoms with Crippen molar-refractivity contribution in [1.82, 2.24) is 10.1 Å². The van der Waals surface area contributed by atoms with Gasteiger partial charge in [-0.25, -0.2) is 8.42 Å². The molecule has 1 aromatic carbocycles. The molecule has 1 aromatic heterocycles. The Morgan fingerprint density at radius 1 is 1.40 bits per heavy atom. The standard InChI is InChI=1S/C14H14N2O3S/c1-10-3-2-4-12(7-10)14-15-13(19-16-14)8-11-5-6-20(17,18)9-11/h2-7,11H,8-9H2,1H3/t11-/m1/s1. The van der Waals surface area contributed by atoms with Crippen molar-refractivity contribution in [3.05, 3.63) is 47.2 Å². The lowest BCUT2D eigenvalue weighted by Crippen LogP contribution is -2.08. The van der Waals surface area contributed by atoms with Gasteiger partial charge in [0.05, 0.1) is 5.75 Å². The molecule has 3 rings (SSSR count). The smallest absolute Gasteiger partial charge is 0.227 e. The van der Waals surface area contributed by atoms with E-state index in [-0.39, 0.29) is 11.7 Å². The van der Waals surface area contributed by atoms with Gasteiger partial charge in [-0.2, -0.15) is 4.98 Å². The predicted octanol–water partition coefficient (Wildman–Crippen LogP) is 2.15. The van der Waals surface area contributed by atoms with Crippen LogP contribution in [0.15, 0.2) is 40.3 Å². The van der Waals surface area contributed by atoms with Crippen LogP contribution in [0.1, 0.15) is 11.5 Å². The van der Waals surface area contributed by atoms with Crippen LogP contribution in [0.4, 0.5) is 0 Å². The Balaban J connectivity index is 1.76. The van der Waals surface area contributed by atoms with Gasteiger partial charge in [0.15, 0.2) is 9.84 Å². The maximum atomic E-state index is 11.3. The van der Waals surface area contributed by atoms with E-state index in [4.69, 9.17) is 4.52 Å². The summed E-state index contributed by atoms with van der Waals surface area (Å²) in [7, 11) is -3.04. The second-order valence-electron chi connectivity index (χ2n) is 5.00. The molecule has 2 heterocycles. The van der Waals surface area contributed by atoms with Gasteiger partial charge in [0, 0.05) is 23.3 Å². The van der Waals surface area contributed by atoms with Crippen molar-refractivity contribution < 1.29 is 12.9 Å². The largest absolute Gasteiger partial charge is 0.339 e. The highest BCUT2D eigenvalue weighted by Crippen LogP contribution is 2.21. The molecule has 0 spiro atoms. The normalized spacial score (nSPS) is 20.4. The topological polar surface area (TPSA) is 73.1 Å². The van der Waals surface area contributed by atoms with Crippen LogP contribution >= 0.6 is 0 Å². The van der Waals surface area contributed by atoms with Crippen LogP contribution < -0.4 is 0 Å². The minimum absolute atomic E-state index is 0.0780. The van der Waals surface area contributed by atoms with E-state index in [0.717, 1.165) is 11.1 Å². The average molecular weight is 290 g/mol. The summed E-state index contributed by atoms with van der Waals surface area (Å²) in [6.45, 7) is 2.00. The van der Waals surface area contributed by atoms with Gasteiger partial charge in [0.2, 0.25) is 11.7 Å². The van der Waals surface area contributed by atoms with E-state index in [2.05, 4.69) is 10.1 Å². The first-order valence-corrected chi connectivity index (χ1v) is 8.04. The summed E-state index contributed by atoms with van der Waals surface area (Å²) in [6, 6.07) is 7.84. The van der Waals surface area contributed by atoms with E-state index >= 15 is 0 Å². The molecule has 6 heteroatoms. The van der Waals surface area contributed by atoms with Crippen molar-refractivity contribution in [2.45, 2.75) is 13.3 Å². The number of nitrogens with zero attached hydrogens (tertiary/aromatic N) is 2. The molecular weight excluding hydrogens is 276 g/mol. The lowest BCUT2D eigenvalue weighted by atomic mass is 10.1. The van der Waals surface area contributed by atoms with E-state index in [1.165, 1.54) is 5.41 Å². The fraction of sp³-hybridized carbons (Fsp3) is 0.286. The van der Waals surface area contributed by atoms with E-state index in [9.17, 15) is 8.42 Å². The highest BCUT2D eigenvalue weighted by molar-refractivity contribution is 7.94. The Labute approximate surface area is 117 Å². The van der Waals surface area contributed by atoms with E-state index in [0.29, 0.717) is 18.1 Å². The van der Waals surface area contributed by atoms with Crippen LogP contribution in [-0.2, 0) is 16.3 Å². The summed E-state index contributed by atoms with van der Waals surface area (Å²) in [5.74, 6) is 1.04. The minimum Gasteiger partial charge on any atom is -0.339 e. The van der Waals surface area contributed by atoms with Crippen molar-refractivity contribution >= 4 is 9.84 Å². The SMILES string of the molecule is Cc1cccc(-c2noc(C[C@H]3C=CS(=O)(=O)C3)n2)c1. The summed E-state index contributed by atoms with van der Waals surface area (Å²) in [5, 5.41) is 5.21. The first kappa shape index (κ1) is 13.1. The number of allylic oxidation sites excluding steroid dienone is 1. The van der Waals surface area contributed by atoms with E-state index < -0.39 is 9.84 Å². The number of aryl methyl sites for hydroxylation is 1. The van der Waals surface area contributed by atoms with Crippen molar-refractivity contribution in [2.75, 3.05) is 5.75 Å². The number of benzene rings is 1. The zero-order valence-corrected chi connectivity index (χ0v) is 11.8. The van der Waals surface area contributed by atoms with Crippen molar-refractivity contribution in [3.8, 4) is 11.4 Å². The highest BCUT2D eigenvalue weighted by atomic mass is 32.2. The molecule has 5 nitrogen and oxygen atoms in total. The van der Waals surface area contributed by atoms with Crippen LogP contribution in [0.5, 0.6) is 0 Å². The number of sulfone groups is 1. The van der Waals surface area contributed by atoms with Crippen molar-refractivity contribution in [1.29, 1.82) is 0 Å². The summed E-state index contributed by atoms with van der Waals surface area (Å²) >= 11 is 0. The van der Waals surface area contributed by atoms with Gasteiger partial charge < -0.3 is 4.52 Å². The second kappa shape index (κ2) is 4.86. The highest BCUT2D eigenvalue weighted by Gasteiger charge is 2.24. The molecule has 1 aliphatic heterocycles.